The number of aryl methyl sites for hydroxylation is 1. The van der Waals surface area contributed by atoms with E-state index in [-0.39, 0.29) is 5.91 Å². The normalized spacial score (nSPS) is 14.6. The van der Waals surface area contributed by atoms with Gasteiger partial charge in [-0.2, -0.15) is 0 Å². The van der Waals surface area contributed by atoms with Crippen molar-refractivity contribution in [2.75, 3.05) is 23.3 Å². The molecule has 1 N–H and O–H groups in total. The van der Waals surface area contributed by atoms with Crippen LogP contribution in [-0.2, 0) is 4.79 Å². The van der Waals surface area contributed by atoms with Crippen LogP contribution >= 0.6 is 11.3 Å². The molecule has 0 saturated carbocycles. The molecule has 168 valence electrons. The number of nitrogens with one attached hydrogen (secondary N) is 1. The molecule has 3 aromatic heterocycles. The van der Waals surface area contributed by atoms with Crippen LogP contribution in [0.15, 0.2) is 42.7 Å². The van der Waals surface area contributed by atoms with Gasteiger partial charge < -0.3 is 15.1 Å². The van der Waals surface area contributed by atoms with Gasteiger partial charge in [-0.15, -0.1) is 0 Å². The third-order valence-electron chi connectivity index (χ3n) is 5.75. The molecule has 32 heavy (non-hydrogen) atoms. The Morgan fingerprint density at radius 1 is 1.19 bits per heavy atom. The molecular formula is C24H30N6OS. The van der Waals surface area contributed by atoms with E-state index in [0.717, 1.165) is 58.8 Å². The number of thiazole rings is 1. The maximum absolute atomic E-state index is 11.7. The molecule has 0 atom stereocenters. The van der Waals surface area contributed by atoms with Gasteiger partial charge in [0, 0.05) is 44.5 Å². The highest BCUT2D eigenvalue weighted by Crippen LogP contribution is 2.34. The minimum Gasteiger partial charge on any atom is -0.343 e. The second-order valence-corrected chi connectivity index (χ2v) is 9.51. The summed E-state index contributed by atoms with van der Waals surface area (Å²) in [6, 6.07) is 10.6. The molecule has 7 nitrogen and oxygen atoms in total. The predicted octanol–water partition coefficient (Wildman–Crippen LogP) is 4.88. The molecule has 3 aromatic rings. The van der Waals surface area contributed by atoms with Gasteiger partial charge in [0.05, 0.1) is 10.6 Å². The van der Waals surface area contributed by atoms with Gasteiger partial charge in [0.15, 0.2) is 5.13 Å². The second-order valence-electron chi connectivity index (χ2n) is 8.50. The minimum atomic E-state index is 0.163. The molecule has 1 aliphatic rings. The van der Waals surface area contributed by atoms with Crippen LogP contribution < -0.4 is 10.2 Å². The molecule has 1 aliphatic heterocycles. The van der Waals surface area contributed by atoms with Gasteiger partial charge >= 0.3 is 0 Å². The smallest absolute Gasteiger partial charge is 0.219 e. The summed E-state index contributed by atoms with van der Waals surface area (Å²) in [5, 5.41) is 4.30. The van der Waals surface area contributed by atoms with Crippen LogP contribution in [0.3, 0.4) is 0 Å². The number of nitrogens with zero attached hydrogens (tertiary/aromatic N) is 5. The molecule has 0 aromatic carbocycles. The number of piperidine rings is 1. The SMILES string of the molecule is CC(=O)N1CCC(N(c2ncc(-c3cccc(Nc4cc(C)ccn4)n3)s2)C(C)C)CC1. The van der Waals surface area contributed by atoms with Crippen molar-refractivity contribution in [1.82, 2.24) is 19.9 Å². The number of carbonyl (C=O) groups is 1. The number of amides is 1. The Kier molecular flexibility index (Phi) is 6.69. The van der Waals surface area contributed by atoms with Crippen molar-refractivity contribution in [2.24, 2.45) is 0 Å². The molecule has 1 saturated heterocycles. The molecule has 0 aliphatic carbocycles. The molecule has 8 heteroatoms. The zero-order valence-corrected chi connectivity index (χ0v) is 19.9. The summed E-state index contributed by atoms with van der Waals surface area (Å²) in [5.74, 6) is 1.70. The van der Waals surface area contributed by atoms with Crippen LogP contribution in [0.4, 0.5) is 16.8 Å². The maximum Gasteiger partial charge on any atom is 0.219 e. The summed E-state index contributed by atoms with van der Waals surface area (Å²) in [6.45, 7) is 9.72. The van der Waals surface area contributed by atoms with E-state index in [1.807, 2.05) is 48.4 Å². The van der Waals surface area contributed by atoms with E-state index >= 15 is 0 Å². The first kappa shape index (κ1) is 22.2. The Hall–Kier alpha value is -3.00. The fraction of sp³-hybridized carbons (Fsp3) is 0.417. The van der Waals surface area contributed by atoms with Gasteiger partial charge in [-0.3, -0.25) is 4.79 Å². The zero-order valence-electron chi connectivity index (χ0n) is 19.1. The Balaban J connectivity index is 1.51. The fourth-order valence-corrected chi connectivity index (χ4v) is 5.23. The Labute approximate surface area is 193 Å². The number of likely N-dealkylation sites (tertiary alicyclic amines) is 1. The second kappa shape index (κ2) is 9.65. The third kappa shape index (κ3) is 5.07. The van der Waals surface area contributed by atoms with E-state index in [1.54, 1.807) is 24.5 Å². The van der Waals surface area contributed by atoms with E-state index in [1.165, 1.54) is 0 Å². The highest BCUT2D eigenvalue weighted by Gasteiger charge is 2.29. The standard InChI is InChI=1S/C24H30N6OS/c1-16(2)30(19-9-12-29(13-10-19)18(4)31)24-26-15-21(32-24)20-6-5-7-22(27-20)28-23-14-17(3)8-11-25-23/h5-8,11,14-16,19H,9-10,12-13H2,1-4H3,(H,25,27,28). The number of anilines is 3. The molecule has 0 unspecified atom stereocenters. The first-order valence-corrected chi connectivity index (χ1v) is 11.9. The molecule has 4 heterocycles. The quantitative estimate of drug-likeness (QED) is 0.577. The Morgan fingerprint density at radius 3 is 2.66 bits per heavy atom. The summed E-state index contributed by atoms with van der Waals surface area (Å²) in [6.07, 6.45) is 5.64. The number of hydrogen-bond acceptors (Lipinski definition) is 7. The van der Waals surface area contributed by atoms with Crippen molar-refractivity contribution in [1.29, 1.82) is 0 Å². The van der Waals surface area contributed by atoms with Crippen LogP contribution in [0.5, 0.6) is 0 Å². The van der Waals surface area contributed by atoms with Gasteiger partial charge in [0.2, 0.25) is 5.91 Å². The molecule has 1 amide bonds. The van der Waals surface area contributed by atoms with Crippen LogP contribution in [0.25, 0.3) is 10.6 Å². The molecule has 0 bridgehead atoms. The minimum absolute atomic E-state index is 0.163. The van der Waals surface area contributed by atoms with Gasteiger partial charge in [-0.05, 0) is 63.4 Å². The summed E-state index contributed by atoms with van der Waals surface area (Å²) in [7, 11) is 0. The molecule has 1 fully saturated rings. The lowest BCUT2D eigenvalue weighted by molar-refractivity contribution is -0.129. The number of pyridine rings is 2. The molecule has 4 rings (SSSR count). The zero-order chi connectivity index (χ0) is 22.7. The van der Waals surface area contributed by atoms with E-state index in [2.05, 4.69) is 29.0 Å². The topological polar surface area (TPSA) is 74.2 Å². The summed E-state index contributed by atoms with van der Waals surface area (Å²) in [5.41, 5.74) is 2.04. The number of rotatable bonds is 6. The number of hydrogen-bond donors (Lipinski definition) is 1. The summed E-state index contributed by atoms with van der Waals surface area (Å²) < 4.78 is 0. The first-order valence-electron chi connectivity index (χ1n) is 11.1. The molecule has 0 spiro atoms. The average Bonchev–Trinajstić information content (AvgIpc) is 3.24. The highest BCUT2D eigenvalue weighted by molar-refractivity contribution is 7.18. The van der Waals surface area contributed by atoms with Crippen molar-refractivity contribution in [3.63, 3.8) is 0 Å². The lowest BCUT2D eigenvalue weighted by atomic mass is 10.0. The average molecular weight is 451 g/mol. The van der Waals surface area contributed by atoms with Crippen LogP contribution in [0, 0.1) is 6.92 Å². The van der Waals surface area contributed by atoms with E-state index < -0.39 is 0 Å². The largest absolute Gasteiger partial charge is 0.343 e. The van der Waals surface area contributed by atoms with Crippen molar-refractivity contribution >= 4 is 34.0 Å². The van der Waals surface area contributed by atoms with Gasteiger partial charge in [-0.1, -0.05) is 17.4 Å². The van der Waals surface area contributed by atoms with Gasteiger partial charge in [0.25, 0.3) is 0 Å². The van der Waals surface area contributed by atoms with Crippen LogP contribution in [0.2, 0.25) is 0 Å². The summed E-state index contributed by atoms with van der Waals surface area (Å²) in [4.78, 5) is 31.0. The van der Waals surface area contributed by atoms with E-state index in [9.17, 15) is 4.79 Å². The monoisotopic (exact) mass is 450 g/mol. The van der Waals surface area contributed by atoms with E-state index in [4.69, 9.17) is 9.97 Å². The number of aromatic nitrogens is 3. The Morgan fingerprint density at radius 2 is 1.97 bits per heavy atom. The van der Waals surface area contributed by atoms with Crippen molar-refractivity contribution in [2.45, 2.75) is 52.6 Å². The molecule has 0 radical (unpaired) electrons. The van der Waals surface area contributed by atoms with Crippen LogP contribution in [-0.4, -0.2) is 50.9 Å². The van der Waals surface area contributed by atoms with Crippen molar-refractivity contribution < 1.29 is 4.79 Å². The maximum atomic E-state index is 11.7. The van der Waals surface area contributed by atoms with E-state index in [0.29, 0.717) is 12.1 Å². The Bertz CT molecular complexity index is 1070. The lowest BCUT2D eigenvalue weighted by Gasteiger charge is -2.40. The number of carbonyl (C=O) groups excluding carboxylic acids is 1. The van der Waals surface area contributed by atoms with Crippen molar-refractivity contribution in [3.8, 4) is 10.6 Å². The predicted molar refractivity (Wildman–Crippen MR) is 130 cm³/mol. The highest BCUT2D eigenvalue weighted by atomic mass is 32.1. The fourth-order valence-electron chi connectivity index (χ4n) is 4.14. The summed E-state index contributed by atoms with van der Waals surface area (Å²) >= 11 is 1.67. The van der Waals surface area contributed by atoms with Crippen molar-refractivity contribution in [3.05, 3.63) is 48.3 Å². The van der Waals surface area contributed by atoms with Gasteiger partial charge in [-0.25, -0.2) is 15.0 Å². The lowest BCUT2D eigenvalue weighted by Crippen LogP contribution is -2.48. The third-order valence-corrected chi connectivity index (χ3v) is 6.78. The first-order chi connectivity index (χ1) is 15.4. The van der Waals surface area contributed by atoms with Crippen LogP contribution in [0.1, 0.15) is 39.2 Å². The molecular weight excluding hydrogens is 420 g/mol. The van der Waals surface area contributed by atoms with Gasteiger partial charge in [0.1, 0.15) is 11.6 Å².